The van der Waals surface area contributed by atoms with Crippen LogP contribution in [0.1, 0.15) is 40.2 Å². The predicted molar refractivity (Wildman–Crippen MR) is 99.1 cm³/mol. The van der Waals surface area contributed by atoms with Gasteiger partial charge < -0.3 is 20.2 Å². The molecule has 0 aliphatic carbocycles. The Bertz CT molecular complexity index is 958. The molecule has 8 heteroatoms. The molecule has 1 heterocycles. The lowest BCUT2D eigenvalue weighted by Gasteiger charge is -2.27. The van der Waals surface area contributed by atoms with Crippen LogP contribution in [-0.2, 0) is 9.59 Å². The first-order chi connectivity index (χ1) is 12.6. The van der Waals surface area contributed by atoms with E-state index in [0.717, 1.165) is 4.57 Å². The zero-order valence-corrected chi connectivity index (χ0v) is 15.8. The number of carboxylic acid groups (broad SMARTS) is 1. The van der Waals surface area contributed by atoms with Gasteiger partial charge in [-0.05, 0) is 30.4 Å². The minimum Gasteiger partial charge on any atom is -0.548 e. The number of nitrogens with zero attached hydrogens (tertiary/aromatic N) is 1. The largest absolute Gasteiger partial charge is 0.548 e. The summed E-state index contributed by atoms with van der Waals surface area (Å²) in [6, 6.07) is 4.16. The average molecular weight is 374 g/mol. The second-order valence-corrected chi connectivity index (χ2v) is 7.35. The third kappa shape index (κ3) is 4.45. The highest BCUT2D eigenvalue weighted by atomic mass is 16.4. The van der Waals surface area contributed by atoms with E-state index in [1.165, 1.54) is 0 Å². The molecule has 8 nitrogen and oxygen atoms in total. The van der Waals surface area contributed by atoms with E-state index in [4.69, 9.17) is 0 Å². The summed E-state index contributed by atoms with van der Waals surface area (Å²) in [5, 5.41) is 14.0. The number of amides is 1. The first kappa shape index (κ1) is 20.4. The number of hydrogen-bond acceptors (Lipinski definition) is 5. The molecule has 0 aliphatic heterocycles. The van der Waals surface area contributed by atoms with E-state index < -0.39 is 41.1 Å². The molecule has 2 N–H and O–H groups in total. The van der Waals surface area contributed by atoms with E-state index in [0.29, 0.717) is 5.52 Å². The number of para-hydroxylation sites is 1. The summed E-state index contributed by atoms with van der Waals surface area (Å²) < 4.78 is 0.865. The molecule has 1 aromatic carbocycles. The van der Waals surface area contributed by atoms with E-state index in [9.17, 15) is 24.3 Å². The summed E-state index contributed by atoms with van der Waals surface area (Å²) in [6.45, 7) is 6.96. The number of aliphatic carboxylic acids is 1. The van der Waals surface area contributed by atoms with Crippen LogP contribution in [0.3, 0.4) is 0 Å². The zero-order chi connectivity index (χ0) is 20.3. The van der Waals surface area contributed by atoms with Gasteiger partial charge in [0, 0.05) is 0 Å². The van der Waals surface area contributed by atoms with Crippen LogP contribution in [0.15, 0.2) is 33.9 Å². The molecule has 1 aromatic heterocycles. The Morgan fingerprint density at radius 1 is 1.15 bits per heavy atom. The molecule has 0 unspecified atom stereocenters. The maximum Gasteiger partial charge on any atom is 0.329 e. The van der Waals surface area contributed by atoms with Crippen molar-refractivity contribution in [2.24, 2.45) is 11.8 Å². The van der Waals surface area contributed by atoms with Crippen LogP contribution in [0.25, 0.3) is 10.9 Å². The fourth-order valence-electron chi connectivity index (χ4n) is 2.98. The molecule has 2 atom stereocenters. The lowest BCUT2D eigenvalue weighted by Crippen LogP contribution is -2.54. The Labute approximate surface area is 156 Å². The number of hydrogen-bond donors (Lipinski definition) is 2. The molecule has 2 rings (SSSR count). The van der Waals surface area contributed by atoms with Crippen molar-refractivity contribution in [2.75, 3.05) is 0 Å². The van der Waals surface area contributed by atoms with Crippen LogP contribution >= 0.6 is 0 Å². The maximum absolute atomic E-state index is 12.9. The Morgan fingerprint density at radius 3 is 2.33 bits per heavy atom. The molecular formula is C19H24N3O5-. The number of nitrogens with one attached hydrogen (secondary N) is 2. The zero-order valence-electron chi connectivity index (χ0n) is 15.8. The van der Waals surface area contributed by atoms with Gasteiger partial charge in [0.05, 0.1) is 22.9 Å². The van der Waals surface area contributed by atoms with Crippen molar-refractivity contribution in [3.8, 4) is 0 Å². The highest BCUT2D eigenvalue weighted by Gasteiger charge is 2.28. The van der Waals surface area contributed by atoms with E-state index in [2.05, 4.69) is 10.3 Å². The van der Waals surface area contributed by atoms with Crippen molar-refractivity contribution in [2.45, 2.75) is 46.2 Å². The van der Waals surface area contributed by atoms with Gasteiger partial charge in [0.25, 0.3) is 5.56 Å². The lowest BCUT2D eigenvalue weighted by atomic mass is 10.00. The fraction of sp³-hybridized carbons (Fsp3) is 0.474. The number of aromatic nitrogens is 2. The standard InChI is InChI=1S/C19H25N3O5/c1-10(2)9-14(16(23)21-15(11(3)4)18(25)26)22-17(24)12-7-5-6-8-13(12)20-19(22)27/h5-8,10-11,14-15H,9H2,1-4H3,(H,20,27)(H,21,23)(H,25,26)/p-1/t14-,15-/m0/s1. The predicted octanol–water partition coefficient (Wildman–Crippen LogP) is 0.168. The van der Waals surface area contributed by atoms with Crippen molar-refractivity contribution in [1.82, 2.24) is 14.9 Å². The number of rotatable bonds is 7. The number of carbonyl (C=O) groups is 2. The molecule has 0 saturated heterocycles. The van der Waals surface area contributed by atoms with Crippen LogP contribution in [0.4, 0.5) is 0 Å². The molecular weight excluding hydrogens is 350 g/mol. The smallest absolute Gasteiger partial charge is 0.329 e. The SMILES string of the molecule is CC(C)C[C@@H](C(=O)N[C@H](C(=O)[O-])C(C)C)n1c(=O)[nH]c2ccccc2c1=O. The normalized spacial score (nSPS) is 13.7. The van der Waals surface area contributed by atoms with Gasteiger partial charge in [-0.2, -0.15) is 0 Å². The van der Waals surface area contributed by atoms with Crippen molar-refractivity contribution in [1.29, 1.82) is 0 Å². The molecule has 0 radical (unpaired) electrons. The number of benzene rings is 1. The van der Waals surface area contributed by atoms with Crippen molar-refractivity contribution in [3.05, 3.63) is 45.1 Å². The molecule has 1 amide bonds. The summed E-state index contributed by atoms with van der Waals surface area (Å²) in [5.74, 6) is -2.54. The van der Waals surface area contributed by atoms with E-state index in [-0.39, 0.29) is 17.7 Å². The molecule has 0 fully saturated rings. The van der Waals surface area contributed by atoms with Gasteiger partial charge in [-0.3, -0.25) is 9.59 Å². The minimum atomic E-state index is -1.42. The van der Waals surface area contributed by atoms with Crippen molar-refractivity contribution < 1.29 is 14.7 Å². The Balaban J connectivity index is 2.56. The average Bonchev–Trinajstić information content (AvgIpc) is 2.57. The van der Waals surface area contributed by atoms with Gasteiger partial charge in [0.2, 0.25) is 5.91 Å². The van der Waals surface area contributed by atoms with Gasteiger partial charge >= 0.3 is 5.69 Å². The quantitative estimate of drug-likeness (QED) is 0.715. The second-order valence-electron chi connectivity index (χ2n) is 7.35. The lowest BCUT2D eigenvalue weighted by molar-refractivity contribution is -0.309. The minimum absolute atomic E-state index is 0.0148. The summed E-state index contributed by atoms with van der Waals surface area (Å²) >= 11 is 0. The molecule has 0 saturated carbocycles. The van der Waals surface area contributed by atoms with Crippen LogP contribution in [-0.4, -0.2) is 27.5 Å². The fourth-order valence-corrected chi connectivity index (χ4v) is 2.98. The summed E-state index contributed by atoms with van der Waals surface area (Å²) in [5.41, 5.74) is -0.930. The van der Waals surface area contributed by atoms with Crippen LogP contribution in [0, 0.1) is 11.8 Å². The van der Waals surface area contributed by atoms with Crippen molar-refractivity contribution >= 4 is 22.8 Å². The second kappa shape index (κ2) is 8.20. The Kier molecular flexibility index (Phi) is 6.20. The summed E-state index contributed by atoms with van der Waals surface area (Å²) in [7, 11) is 0. The first-order valence-corrected chi connectivity index (χ1v) is 8.88. The number of fused-ring (bicyclic) bond motifs is 1. The van der Waals surface area contributed by atoms with Gasteiger partial charge in [-0.1, -0.05) is 39.8 Å². The van der Waals surface area contributed by atoms with Gasteiger partial charge in [0.1, 0.15) is 6.04 Å². The maximum atomic E-state index is 12.9. The molecule has 0 aliphatic rings. The van der Waals surface area contributed by atoms with Crippen LogP contribution in [0.2, 0.25) is 0 Å². The van der Waals surface area contributed by atoms with Crippen LogP contribution < -0.4 is 21.7 Å². The monoisotopic (exact) mass is 374 g/mol. The number of H-pyrrole nitrogens is 1. The van der Waals surface area contributed by atoms with E-state index in [1.54, 1.807) is 38.1 Å². The Morgan fingerprint density at radius 2 is 1.78 bits per heavy atom. The highest BCUT2D eigenvalue weighted by Crippen LogP contribution is 2.17. The van der Waals surface area contributed by atoms with Crippen molar-refractivity contribution in [3.63, 3.8) is 0 Å². The third-order valence-electron chi connectivity index (χ3n) is 4.36. The first-order valence-electron chi connectivity index (χ1n) is 8.88. The molecule has 0 bridgehead atoms. The molecule has 146 valence electrons. The van der Waals surface area contributed by atoms with Gasteiger partial charge in [0.15, 0.2) is 0 Å². The summed E-state index contributed by atoms with van der Waals surface area (Å²) in [4.78, 5) is 52.1. The summed E-state index contributed by atoms with van der Waals surface area (Å²) in [6.07, 6.45) is 0.199. The molecule has 27 heavy (non-hydrogen) atoms. The van der Waals surface area contributed by atoms with E-state index in [1.807, 2.05) is 13.8 Å². The third-order valence-corrected chi connectivity index (χ3v) is 4.36. The number of carbonyl (C=O) groups excluding carboxylic acids is 2. The Hall–Kier alpha value is -2.90. The number of aromatic amines is 1. The molecule has 0 spiro atoms. The van der Waals surface area contributed by atoms with Gasteiger partial charge in [-0.15, -0.1) is 0 Å². The highest BCUT2D eigenvalue weighted by molar-refractivity contribution is 5.86. The number of carboxylic acids is 1. The van der Waals surface area contributed by atoms with E-state index >= 15 is 0 Å². The molecule has 2 aromatic rings. The van der Waals surface area contributed by atoms with Crippen LogP contribution in [0.5, 0.6) is 0 Å². The van der Waals surface area contributed by atoms with Gasteiger partial charge in [-0.25, -0.2) is 9.36 Å². The topological polar surface area (TPSA) is 124 Å².